The van der Waals surface area contributed by atoms with Crippen molar-refractivity contribution in [3.8, 4) is 5.82 Å². The van der Waals surface area contributed by atoms with Crippen molar-refractivity contribution < 1.29 is 9.59 Å². The van der Waals surface area contributed by atoms with Crippen LogP contribution in [0, 0.1) is 11.8 Å². The molecule has 3 unspecified atom stereocenters. The molecule has 2 aliphatic rings. The molecular weight excluding hydrogens is 454 g/mol. The molecule has 3 heterocycles. The van der Waals surface area contributed by atoms with Gasteiger partial charge in [0.15, 0.2) is 5.82 Å². The largest absolute Gasteiger partial charge is 0.368 e. The maximum atomic E-state index is 14.1. The van der Waals surface area contributed by atoms with Crippen LogP contribution in [0.1, 0.15) is 63.0 Å². The van der Waals surface area contributed by atoms with Gasteiger partial charge in [-0.05, 0) is 74.9 Å². The summed E-state index contributed by atoms with van der Waals surface area (Å²) < 4.78 is 1.75. The fraction of sp³-hybridized carbons (Fsp3) is 0.519. The second-order valence-corrected chi connectivity index (χ2v) is 10.1. The molecule has 1 saturated carbocycles. The van der Waals surface area contributed by atoms with Crippen LogP contribution in [0.5, 0.6) is 0 Å². The Labute approximate surface area is 211 Å². The zero-order valence-corrected chi connectivity index (χ0v) is 20.8. The number of pyridine rings is 1. The van der Waals surface area contributed by atoms with E-state index >= 15 is 0 Å². The lowest BCUT2D eigenvalue weighted by Crippen LogP contribution is -2.46. The molecule has 0 radical (unpaired) electrons. The number of primary amides is 1. The van der Waals surface area contributed by atoms with Gasteiger partial charge in [-0.3, -0.25) is 9.59 Å². The molecule has 1 aliphatic carbocycles. The highest BCUT2D eigenvalue weighted by atomic mass is 16.2. The van der Waals surface area contributed by atoms with Crippen molar-refractivity contribution in [1.29, 1.82) is 0 Å². The van der Waals surface area contributed by atoms with Crippen LogP contribution in [0.15, 0.2) is 42.6 Å². The highest BCUT2D eigenvalue weighted by Gasteiger charge is 2.39. The maximum absolute atomic E-state index is 14.1. The van der Waals surface area contributed by atoms with E-state index in [4.69, 9.17) is 5.73 Å². The average molecular weight is 490 g/mol. The topological polar surface area (TPSA) is 119 Å². The van der Waals surface area contributed by atoms with Gasteiger partial charge in [-0.1, -0.05) is 36.6 Å². The Bertz CT molecular complexity index is 1220. The number of likely N-dealkylation sites (N-methyl/N-ethyl adjacent to an activating group) is 1. The number of carbonyl (C=O) groups is 2. The molecular formula is C27H35N7O2. The maximum Gasteiger partial charge on any atom is 0.234 e. The number of likely N-dealkylation sites (tertiary alicyclic amines) is 1. The van der Waals surface area contributed by atoms with Gasteiger partial charge in [0.2, 0.25) is 11.8 Å². The number of aromatic nitrogens is 4. The van der Waals surface area contributed by atoms with Crippen LogP contribution in [0.2, 0.25) is 0 Å². The Hall–Kier alpha value is -3.33. The number of carbonyl (C=O) groups excluding carboxylic acids is 2. The van der Waals surface area contributed by atoms with Crippen molar-refractivity contribution in [2.45, 2.75) is 63.5 Å². The molecule has 5 rings (SSSR count). The number of para-hydroxylation sites is 1. The molecule has 9 heteroatoms. The summed E-state index contributed by atoms with van der Waals surface area (Å²) in [5.41, 5.74) is 8.41. The number of fused-ring (bicyclic) bond motifs is 1. The fourth-order valence-electron chi connectivity index (χ4n) is 6.05. The van der Waals surface area contributed by atoms with E-state index in [1.807, 2.05) is 41.3 Å². The lowest BCUT2D eigenvalue weighted by atomic mass is 9.76. The van der Waals surface area contributed by atoms with Crippen LogP contribution < -0.4 is 11.1 Å². The van der Waals surface area contributed by atoms with E-state index in [-0.39, 0.29) is 23.8 Å². The standard InChI is InChI=1S/C27H35N7O2/c1-29-22(26(28)35)17-20(18-8-3-2-4-9-18)27(36)33-15-7-12-23(33)19-13-14-30-25(16-19)34-24-11-6-5-10-21(24)31-32-34/h5-6,10-11,13-14,16,18,20,22-23,29H,2-4,7-9,12,15,17H2,1H3,(H2,28,35). The van der Waals surface area contributed by atoms with Crippen molar-refractivity contribution in [3.63, 3.8) is 0 Å². The third-order valence-corrected chi connectivity index (χ3v) is 7.98. The third-order valence-electron chi connectivity index (χ3n) is 7.98. The molecule has 2 fully saturated rings. The SMILES string of the molecule is CNC(CC(C(=O)N1CCCC1c1ccnc(-n2nnc3ccccc32)c1)C1CCCCC1)C(N)=O. The molecule has 1 saturated heterocycles. The van der Waals surface area contributed by atoms with E-state index in [1.54, 1.807) is 17.9 Å². The van der Waals surface area contributed by atoms with Gasteiger partial charge in [0.05, 0.1) is 17.6 Å². The normalized spacial score (nSPS) is 20.5. The number of nitrogens with zero attached hydrogens (tertiary/aromatic N) is 5. The van der Waals surface area contributed by atoms with Crippen LogP contribution in [0.4, 0.5) is 0 Å². The van der Waals surface area contributed by atoms with Gasteiger partial charge in [0.25, 0.3) is 0 Å². The van der Waals surface area contributed by atoms with Crippen LogP contribution in [0.25, 0.3) is 16.9 Å². The minimum atomic E-state index is -0.505. The predicted molar refractivity (Wildman–Crippen MR) is 137 cm³/mol. The lowest BCUT2D eigenvalue weighted by Gasteiger charge is -2.36. The summed E-state index contributed by atoms with van der Waals surface area (Å²) in [6, 6.07) is 11.3. The van der Waals surface area contributed by atoms with E-state index in [1.165, 1.54) is 6.42 Å². The van der Waals surface area contributed by atoms with E-state index in [0.717, 1.165) is 61.7 Å². The summed E-state index contributed by atoms with van der Waals surface area (Å²) in [6.45, 7) is 0.720. The van der Waals surface area contributed by atoms with Crippen LogP contribution in [-0.4, -0.2) is 56.3 Å². The summed E-state index contributed by atoms with van der Waals surface area (Å²) in [5.74, 6) is 0.514. The molecule has 1 aliphatic heterocycles. The molecule has 3 atom stereocenters. The highest BCUT2D eigenvalue weighted by Crippen LogP contribution is 2.39. The zero-order chi connectivity index (χ0) is 25.1. The summed E-state index contributed by atoms with van der Waals surface area (Å²) in [6.07, 6.45) is 9.63. The van der Waals surface area contributed by atoms with Crippen molar-refractivity contribution in [3.05, 3.63) is 48.2 Å². The summed E-state index contributed by atoms with van der Waals surface area (Å²) in [7, 11) is 1.74. The second kappa shape index (κ2) is 10.7. The van der Waals surface area contributed by atoms with Crippen molar-refractivity contribution >= 4 is 22.8 Å². The minimum absolute atomic E-state index is 0.0262. The first kappa shape index (κ1) is 24.4. The number of nitrogens with two attached hydrogens (primary N) is 1. The van der Waals surface area contributed by atoms with Gasteiger partial charge in [0, 0.05) is 18.7 Å². The summed E-state index contributed by atoms with van der Waals surface area (Å²) >= 11 is 0. The molecule has 2 amide bonds. The lowest BCUT2D eigenvalue weighted by molar-refractivity contribution is -0.139. The van der Waals surface area contributed by atoms with E-state index in [2.05, 4.69) is 20.6 Å². The average Bonchev–Trinajstić information content (AvgIpc) is 3.57. The molecule has 1 aromatic carbocycles. The number of amides is 2. The van der Waals surface area contributed by atoms with E-state index in [0.29, 0.717) is 12.2 Å². The summed E-state index contributed by atoms with van der Waals surface area (Å²) in [5, 5.41) is 11.6. The minimum Gasteiger partial charge on any atom is -0.368 e. The van der Waals surface area contributed by atoms with Crippen molar-refractivity contribution in [2.24, 2.45) is 17.6 Å². The molecule has 9 nitrogen and oxygen atoms in total. The van der Waals surface area contributed by atoms with Crippen LogP contribution >= 0.6 is 0 Å². The Morgan fingerprint density at radius 3 is 2.69 bits per heavy atom. The second-order valence-electron chi connectivity index (χ2n) is 10.1. The zero-order valence-electron chi connectivity index (χ0n) is 20.8. The van der Waals surface area contributed by atoms with Crippen molar-refractivity contribution in [1.82, 2.24) is 30.2 Å². The van der Waals surface area contributed by atoms with Gasteiger partial charge in [0.1, 0.15) is 5.52 Å². The smallest absolute Gasteiger partial charge is 0.234 e. The van der Waals surface area contributed by atoms with E-state index < -0.39 is 11.9 Å². The number of rotatable bonds is 8. The first-order valence-electron chi connectivity index (χ1n) is 13.1. The van der Waals surface area contributed by atoms with Gasteiger partial charge in [-0.25, -0.2) is 4.98 Å². The van der Waals surface area contributed by atoms with Gasteiger partial charge < -0.3 is 16.0 Å². The number of benzene rings is 1. The van der Waals surface area contributed by atoms with Gasteiger partial charge >= 0.3 is 0 Å². The monoisotopic (exact) mass is 489 g/mol. The Morgan fingerprint density at radius 2 is 1.92 bits per heavy atom. The van der Waals surface area contributed by atoms with Crippen molar-refractivity contribution in [2.75, 3.05) is 13.6 Å². The van der Waals surface area contributed by atoms with Crippen LogP contribution in [0.3, 0.4) is 0 Å². The van der Waals surface area contributed by atoms with Crippen LogP contribution in [-0.2, 0) is 9.59 Å². The molecule has 36 heavy (non-hydrogen) atoms. The first-order chi connectivity index (χ1) is 17.6. The predicted octanol–water partition coefficient (Wildman–Crippen LogP) is 3.14. The molecule has 2 aromatic heterocycles. The number of hydrogen-bond acceptors (Lipinski definition) is 6. The number of hydrogen-bond donors (Lipinski definition) is 2. The van der Waals surface area contributed by atoms with Gasteiger partial charge in [-0.2, -0.15) is 4.68 Å². The molecule has 3 aromatic rings. The molecule has 0 spiro atoms. The molecule has 3 N–H and O–H groups in total. The highest BCUT2D eigenvalue weighted by molar-refractivity contribution is 5.83. The molecule has 190 valence electrons. The quantitative estimate of drug-likeness (QED) is 0.502. The Kier molecular flexibility index (Phi) is 7.27. The Morgan fingerprint density at radius 1 is 1.11 bits per heavy atom. The van der Waals surface area contributed by atoms with E-state index in [9.17, 15) is 9.59 Å². The third kappa shape index (κ3) is 4.84. The Balaban J connectivity index is 1.42. The summed E-state index contributed by atoms with van der Waals surface area (Å²) in [4.78, 5) is 32.7. The fourth-order valence-corrected chi connectivity index (χ4v) is 6.05. The molecule has 0 bridgehead atoms. The van der Waals surface area contributed by atoms with Gasteiger partial charge in [-0.15, -0.1) is 5.10 Å². The number of nitrogens with one attached hydrogen (secondary N) is 1. The first-order valence-corrected chi connectivity index (χ1v) is 13.1.